The van der Waals surface area contributed by atoms with Crippen LogP contribution in [0.4, 0.5) is 14.9 Å². The number of carbonyl (C=O) groups excluding carboxylic acids is 1. The number of nitrogens with two attached hydrogens (primary N) is 2. The van der Waals surface area contributed by atoms with Crippen LogP contribution in [0.2, 0.25) is 5.02 Å². The van der Waals surface area contributed by atoms with Gasteiger partial charge in [-0.1, -0.05) is 18.2 Å². The quantitative estimate of drug-likeness (QED) is 0.202. The number of unbranched alkanes of at least 4 members (excludes halogenated alkanes) is 1. The molecule has 0 aromatic heterocycles. The molecular weight excluding hydrogens is 457 g/mol. The number of rotatable bonds is 12. The Morgan fingerprint density at radius 3 is 2.76 bits per heavy atom. The van der Waals surface area contributed by atoms with Gasteiger partial charge < -0.3 is 26.6 Å². The molecule has 2 amide bonds. The second-order valence-electron chi connectivity index (χ2n) is 8.62. The van der Waals surface area contributed by atoms with Crippen LogP contribution in [0.3, 0.4) is 0 Å². The van der Waals surface area contributed by atoms with Crippen LogP contribution >= 0.6 is 11.6 Å². The van der Waals surface area contributed by atoms with Crippen molar-refractivity contribution in [3.8, 4) is 0 Å². The third-order valence-electron chi connectivity index (χ3n) is 5.77. The number of carbonyl (C=O) groups is 1. The summed E-state index contributed by atoms with van der Waals surface area (Å²) in [6, 6.07) is 3.15. The van der Waals surface area contributed by atoms with Gasteiger partial charge in [-0.05, 0) is 89.4 Å². The predicted octanol–water partition coefficient (Wildman–Crippen LogP) is 3.33. The fourth-order valence-corrected chi connectivity index (χ4v) is 4.01. The molecule has 0 saturated carbocycles. The van der Waals surface area contributed by atoms with E-state index >= 15 is 0 Å². The fraction of sp³-hybridized carbons (Fsp3) is 0.583. The number of nitrogens with zero attached hydrogens (tertiary/aromatic N) is 3. The topological polar surface area (TPSA) is 112 Å². The lowest BCUT2D eigenvalue weighted by Gasteiger charge is -2.30. The lowest BCUT2D eigenvalue weighted by atomic mass is 10.1. The van der Waals surface area contributed by atoms with Crippen LogP contribution in [0.15, 0.2) is 29.9 Å². The van der Waals surface area contributed by atoms with E-state index in [0.717, 1.165) is 63.8 Å². The van der Waals surface area contributed by atoms with Gasteiger partial charge in [-0.3, -0.25) is 5.32 Å². The average Bonchev–Trinajstić information content (AvgIpc) is 2.81. The van der Waals surface area contributed by atoms with Gasteiger partial charge in [0.25, 0.3) is 0 Å². The summed E-state index contributed by atoms with van der Waals surface area (Å²) in [5.74, 6) is -0.357. The second kappa shape index (κ2) is 15.1. The van der Waals surface area contributed by atoms with Gasteiger partial charge >= 0.3 is 6.03 Å². The molecule has 8 nitrogen and oxygen atoms in total. The van der Waals surface area contributed by atoms with E-state index in [4.69, 9.17) is 23.1 Å². The van der Waals surface area contributed by atoms with Crippen LogP contribution in [-0.2, 0) is 6.54 Å². The Labute approximate surface area is 207 Å². The summed E-state index contributed by atoms with van der Waals surface area (Å²) < 4.78 is 14.5. The van der Waals surface area contributed by atoms with Crippen molar-refractivity contribution in [3.63, 3.8) is 0 Å². The normalized spacial score (nSPS) is 15.4. The zero-order valence-corrected chi connectivity index (χ0v) is 20.9. The maximum atomic E-state index is 14.5. The smallest absolute Gasteiger partial charge is 0.326 e. The number of aliphatic imine (C=N–C) groups is 1. The Kier molecular flexibility index (Phi) is 12.5. The lowest BCUT2D eigenvalue weighted by molar-refractivity contribution is 0.203. The molecule has 1 aromatic rings. The number of amidine groups is 1. The van der Waals surface area contributed by atoms with Gasteiger partial charge in [0.2, 0.25) is 0 Å². The number of benzene rings is 1. The number of likely N-dealkylation sites (tertiary alicyclic amines) is 1. The van der Waals surface area contributed by atoms with E-state index < -0.39 is 5.82 Å². The molecule has 0 bridgehead atoms. The summed E-state index contributed by atoms with van der Waals surface area (Å²) in [5.41, 5.74) is 12.3. The van der Waals surface area contributed by atoms with Crippen LogP contribution in [0.5, 0.6) is 0 Å². The molecule has 1 heterocycles. The Balaban J connectivity index is 1.86. The molecule has 1 fully saturated rings. The number of urea groups is 1. The van der Waals surface area contributed by atoms with Crippen molar-refractivity contribution in [2.75, 3.05) is 39.3 Å². The minimum atomic E-state index is -0.625. The van der Waals surface area contributed by atoms with E-state index in [1.54, 1.807) is 19.1 Å². The first kappa shape index (κ1) is 28.2. The average molecular weight is 496 g/mol. The molecule has 1 aliphatic rings. The second-order valence-corrected chi connectivity index (χ2v) is 9.03. The van der Waals surface area contributed by atoms with Crippen molar-refractivity contribution in [1.29, 1.82) is 0 Å². The largest absolute Gasteiger partial charge is 0.330 e. The van der Waals surface area contributed by atoms with Gasteiger partial charge in [0.1, 0.15) is 11.5 Å². The highest BCUT2D eigenvalue weighted by molar-refractivity contribution is 6.31. The van der Waals surface area contributed by atoms with Crippen LogP contribution in [-0.4, -0.2) is 67.0 Å². The van der Waals surface area contributed by atoms with Gasteiger partial charge in [0.05, 0.1) is 5.02 Å². The summed E-state index contributed by atoms with van der Waals surface area (Å²) in [6.07, 6.45) is 6.25. The molecule has 0 spiro atoms. The van der Waals surface area contributed by atoms with Crippen molar-refractivity contribution < 1.29 is 9.18 Å². The number of amides is 2. The number of halogens is 2. The zero-order valence-electron chi connectivity index (χ0n) is 20.2. The maximum absolute atomic E-state index is 14.5. The molecule has 1 saturated heterocycles. The molecule has 1 aliphatic heterocycles. The van der Waals surface area contributed by atoms with Gasteiger partial charge in [0, 0.05) is 25.3 Å². The van der Waals surface area contributed by atoms with E-state index in [2.05, 4.69) is 27.1 Å². The molecule has 34 heavy (non-hydrogen) atoms. The first-order valence-electron chi connectivity index (χ1n) is 12.0. The number of hydrogen-bond acceptors (Lipinski definition) is 6. The molecule has 10 heteroatoms. The summed E-state index contributed by atoms with van der Waals surface area (Å²) in [7, 11) is 0. The van der Waals surface area contributed by atoms with Crippen LogP contribution in [0.1, 0.15) is 44.6 Å². The first-order chi connectivity index (χ1) is 16.3. The van der Waals surface area contributed by atoms with Gasteiger partial charge in [-0.2, -0.15) is 0 Å². The number of nitrogens with one attached hydrogen (secondary N) is 2. The Hall–Kier alpha value is -2.04. The highest BCUT2D eigenvalue weighted by Gasteiger charge is 2.16. The Morgan fingerprint density at radius 2 is 2.09 bits per heavy atom. The number of piperidine rings is 1. The van der Waals surface area contributed by atoms with Gasteiger partial charge in [-0.25, -0.2) is 14.2 Å². The molecule has 190 valence electrons. The minimum absolute atomic E-state index is 0.0144. The van der Waals surface area contributed by atoms with E-state index in [1.807, 2.05) is 0 Å². The molecule has 1 aromatic carbocycles. The molecule has 2 rings (SSSR count). The summed E-state index contributed by atoms with van der Waals surface area (Å²) in [4.78, 5) is 20.8. The van der Waals surface area contributed by atoms with Crippen molar-refractivity contribution in [3.05, 3.63) is 41.3 Å². The standard InChI is InChI=1S/C24H39ClFN7O/c1-3-33(12-5-4-11-32-13-7-20(28)8-14-32)24(34)31-18(2)30-22-16-19(15-21(25)23(22)26)17-29-10-6-9-27/h3,15-16,20,29H,1,4-14,17,27-28H2,2H3,(H,30,31,34). The summed E-state index contributed by atoms with van der Waals surface area (Å²) in [5, 5.41) is 5.91. The van der Waals surface area contributed by atoms with Crippen molar-refractivity contribution in [2.24, 2.45) is 16.5 Å². The van der Waals surface area contributed by atoms with Crippen LogP contribution in [0, 0.1) is 5.82 Å². The third kappa shape index (κ3) is 9.68. The lowest BCUT2D eigenvalue weighted by Crippen LogP contribution is -2.41. The van der Waals surface area contributed by atoms with Crippen LogP contribution in [0.25, 0.3) is 0 Å². The molecule has 0 atom stereocenters. The van der Waals surface area contributed by atoms with Crippen molar-refractivity contribution in [1.82, 2.24) is 20.4 Å². The van der Waals surface area contributed by atoms with E-state index in [9.17, 15) is 9.18 Å². The summed E-state index contributed by atoms with van der Waals surface area (Å²) >= 11 is 6.04. The van der Waals surface area contributed by atoms with E-state index in [-0.39, 0.29) is 22.6 Å². The molecule has 0 aliphatic carbocycles. The third-order valence-corrected chi connectivity index (χ3v) is 6.04. The molecule has 0 unspecified atom stereocenters. The van der Waals surface area contributed by atoms with Crippen molar-refractivity contribution in [2.45, 2.75) is 51.6 Å². The highest BCUT2D eigenvalue weighted by Crippen LogP contribution is 2.27. The van der Waals surface area contributed by atoms with Gasteiger partial charge in [-0.15, -0.1) is 0 Å². The monoisotopic (exact) mass is 495 g/mol. The van der Waals surface area contributed by atoms with E-state index in [0.29, 0.717) is 25.7 Å². The maximum Gasteiger partial charge on any atom is 0.326 e. The highest BCUT2D eigenvalue weighted by atomic mass is 35.5. The zero-order chi connectivity index (χ0) is 24.9. The molecule has 0 radical (unpaired) electrons. The SMILES string of the molecule is C=CN(CCCCN1CCC(N)CC1)C(=O)NC(C)=Nc1cc(CNCCCN)cc(Cl)c1F. The number of hydrogen-bond donors (Lipinski definition) is 4. The molecule has 6 N–H and O–H groups in total. The van der Waals surface area contributed by atoms with E-state index in [1.165, 1.54) is 11.1 Å². The Morgan fingerprint density at radius 1 is 1.35 bits per heavy atom. The Bertz CT molecular complexity index is 828. The van der Waals surface area contributed by atoms with Crippen molar-refractivity contribution >= 4 is 29.2 Å². The fourth-order valence-electron chi connectivity index (χ4n) is 3.78. The van der Waals surface area contributed by atoms with Gasteiger partial charge in [0.15, 0.2) is 5.82 Å². The minimum Gasteiger partial charge on any atom is -0.330 e. The summed E-state index contributed by atoms with van der Waals surface area (Å²) in [6.45, 7) is 10.8. The van der Waals surface area contributed by atoms with Crippen LogP contribution < -0.4 is 22.1 Å². The first-order valence-corrected chi connectivity index (χ1v) is 12.3. The predicted molar refractivity (Wildman–Crippen MR) is 138 cm³/mol. The molecular formula is C24H39ClFN7O.